The van der Waals surface area contributed by atoms with Crippen molar-refractivity contribution in [3.8, 4) is 11.4 Å². The quantitative estimate of drug-likeness (QED) is 0.335. The largest absolute Gasteiger partial charge is 0.411 e. The molecule has 1 heterocycles. The second-order valence-corrected chi connectivity index (χ2v) is 7.73. The predicted molar refractivity (Wildman–Crippen MR) is 128 cm³/mol. The van der Waals surface area contributed by atoms with E-state index in [0.717, 1.165) is 47.0 Å². The van der Waals surface area contributed by atoms with Gasteiger partial charge in [0.15, 0.2) is 5.75 Å². The third kappa shape index (κ3) is 4.58. The van der Waals surface area contributed by atoms with Gasteiger partial charge in [-0.15, -0.1) is 0 Å². The molecule has 2 amide bonds. The fourth-order valence-electron chi connectivity index (χ4n) is 3.64. The lowest BCUT2D eigenvalue weighted by molar-refractivity contribution is 0.262. The van der Waals surface area contributed by atoms with Gasteiger partial charge in [0.25, 0.3) is 0 Å². The van der Waals surface area contributed by atoms with Crippen molar-refractivity contribution < 1.29 is 9.63 Å². The van der Waals surface area contributed by atoms with Gasteiger partial charge in [-0.05, 0) is 44.0 Å². The number of carbonyl (C=O) groups is 1. The molecule has 0 spiro atoms. The van der Waals surface area contributed by atoms with Crippen molar-refractivity contribution in [3.05, 3.63) is 78.0 Å². The Morgan fingerprint density at radius 1 is 1.03 bits per heavy atom. The minimum atomic E-state index is -0.355. The Morgan fingerprint density at radius 2 is 1.78 bits per heavy atom. The molecule has 0 aliphatic heterocycles. The highest BCUT2D eigenvalue weighted by Gasteiger charge is 2.14. The van der Waals surface area contributed by atoms with Crippen LogP contribution in [0.4, 0.5) is 16.3 Å². The highest BCUT2D eigenvalue weighted by atomic mass is 16.6. The first-order chi connectivity index (χ1) is 15.6. The number of benzene rings is 3. The molecule has 4 rings (SSSR count). The highest BCUT2D eigenvalue weighted by Crippen LogP contribution is 2.31. The van der Waals surface area contributed by atoms with Crippen LogP contribution in [0, 0.1) is 6.92 Å². The van der Waals surface area contributed by atoms with Gasteiger partial charge in [0, 0.05) is 16.8 Å². The average Bonchev–Trinajstić information content (AvgIpc) is 3.20. The zero-order chi connectivity index (χ0) is 22.5. The Balaban J connectivity index is 1.61. The van der Waals surface area contributed by atoms with E-state index in [0.29, 0.717) is 17.3 Å². The van der Waals surface area contributed by atoms with Crippen LogP contribution in [-0.2, 0) is 6.42 Å². The van der Waals surface area contributed by atoms with E-state index in [4.69, 9.17) is 15.8 Å². The number of carbonyl (C=O) groups excluding carboxylic acids is 1. The number of nitrogens with one attached hydrogen (secondary N) is 2. The average molecular weight is 430 g/mol. The summed E-state index contributed by atoms with van der Waals surface area (Å²) in [5.74, 6) is 6.54. The molecule has 0 bridgehead atoms. The molecule has 4 N–H and O–H groups in total. The molecule has 0 aliphatic carbocycles. The second-order valence-electron chi connectivity index (χ2n) is 7.73. The number of hydrogen-bond donors (Lipinski definition) is 3. The van der Waals surface area contributed by atoms with Gasteiger partial charge in [-0.1, -0.05) is 55.3 Å². The molecule has 0 atom stereocenters. The number of urea groups is 1. The normalized spacial score (nSPS) is 10.8. The summed E-state index contributed by atoms with van der Waals surface area (Å²) in [6, 6.07) is 20.7. The van der Waals surface area contributed by atoms with Crippen molar-refractivity contribution in [2.45, 2.75) is 33.1 Å². The van der Waals surface area contributed by atoms with Crippen molar-refractivity contribution in [1.29, 1.82) is 0 Å². The van der Waals surface area contributed by atoms with Gasteiger partial charge in [0.1, 0.15) is 5.82 Å². The molecule has 7 heteroatoms. The van der Waals surface area contributed by atoms with E-state index in [2.05, 4.69) is 17.6 Å². The number of nitrogens with zero attached hydrogens (tertiary/aromatic N) is 2. The Labute approximate surface area is 187 Å². The molecule has 164 valence electrons. The number of anilines is 2. The van der Waals surface area contributed by atoms with Crippen LogP contribution in [0.1, 0.15) is 31.0 Å². The molecular formula is C25H27N5O2. The molecule has 4 aromatic rings. The molecule has 0 radical (unpaired) electrons. The van der Waals surface area contributed by atoms with Gasteiger partial charge < -0.3 is 10.2 Å². The summed E-state index contributed by atoms with van der Waals surface area (Å²) in [6.45, 7) is 4.19. The maximum Gasteiger partial charge on any atom is 0.324 e. The van der Waals surface area contributed by atoms with Gasteiger partial charge in [-0.25, -0.2) is 9.48 Å². The molecule has 3 aromatic carbocycles. The molecule has 0 aliphatic rings. The van der Waals surface area contributed by atoms with E-state index in [1.54, 1.807) is 16.8 Å². The summed E-state index contributed by atoms with van der Waals surface area (Å²) in [6.07, 6.45) is 2.98. The molecular weight excluding hydrogens is 402 g/mol. The molecule has 7 nitrogen and oxygen atoms in total. The van der Waals surface area contributed by atoms with Gasteiger partial charge in [-0.2, -0.15) is 11.0 Å². The number of aryl methyl sites for hydroxylation is 2. The minimum Gasteiger partial charge on any atom is -0.411 e. The van der Waals surface area contributed by atoms with E-state index < -0.39 is 0 Å². The fraction of sp³-hybridized carbons (Fsp3) is 0.200. The van der Waals surface area contributed by atoms with E-state index in [1.165, 1.54) is 0 Å². The van der Waals surface area contributed by atoms with Crippen molar-refractivity contribution >= 4 is 28.3 Å². The van der Waals surface area contributed by atoms with Gasteiger partial charge in [-0.3, -0.25) is 5.32 Å². The number of unbranched alkanes of at least 4 members (excludes halogenated alkanes) is 1. The van der Waals surface area contributed by atoms with Crippen LogP contribution < -0.4 is 21.4 Å². The van der Waals surface area contributed by atoms with Crippen LogP contribution in [0.5, 0.6) is 5.75 Å². The SMILES string of the molecule is CCCCc1cc(NC(=O)Nc2ccc(ON)c3ccccc23)n(-c2ccc(C)cc2)n1. The first-order valence-electron chi connectivity index (χ1n) is 10.7. The maximum absolute atomic E-state index is 12.9. The smallest absolute Gasteiger partial charge is 0.324 e. The first-order valence-corrected chi connectivity index (χ1v) is 10.7. The molecule has 1 aromatic heterocycles. The topological polar surface area (TPSA) is 94.2 Å². The Hall–Kier alpha value is -3.84. The number of nitrogens with two attached hydrogens (primary N) is 1. The zero-order valence-electron chi connectivity index (χ0n) is 18.3. The molecule has 0 saturated carbocycles. The summed E-state index contributed by atoms with van der Waals surface area (Å²) in [5, 5.41) is 12.3. The van der Waals surface area contributed by atoms with Crippen LogP contribution >= 0.6 is 0 Å². The Bertz CT molecular complexity index is 1230. The standard InChI is InChI=1S/C25H27N5O2/c1-3-4-7-18-16-24(30(29-18)19-12-10-17(2)11-13-19)28-25(31)27-22-14-15-23(32-26)21-9-6-5-8-20(21)22/h5-6,8-16H,3-4,7,26H2,1-2H3,(H2,27,28,31). The number of aromatic nitrogens is 2. The van der Waals surface area contributed by atoms with Crippen molar-refractivity contribution in [2.24, 2.45) is 5.90 Å². The summed E-state index contributed by atoms with van der Waals surface area (Å²) < 4.78 is 1.77. The van der Waals surface area contributed by atoms with Crippen LogP contribution in [0.3, 0.4) is 0 Å². The third-order valence-electron chi connectivity index (χ3n) is 5.33. The number of amides is 2. The van der Waals surface area contributed by atoms with Crippen LogP contribution in [0.25, 0.3) is 16.5 Å². The lowest BCUT2D eigenvalue weighted by Crippen LogP contribution is -2.21. The fourth-order valence-corrected chi connectivity index (χ4v) is 3.64. The number of rotatable bonds is 7. The molecule has 32 heavy (non-hydrogen) atoms. The predicted octanol–water partition coefficient (Wildman–Crippen LogP) is 5.57. The van der Waals surface area contributed by atoms with Gasteiger partial charge in [0.05, 0.1) is 17.1 Å². The summed E-state index contributed by atoms with van der Waals surface area (Å²) in [4.78, 5) is 17.9. The first kappa shape index (κ1) is 21.4. The van der Waals surface area contributed by atoms with E-state index in [-0.39, 0.29) is 6.03 Å². The lowest BCUT2D eigenvalue weighted by atomic mass is 10.1. The zero-order valence-corrected chi connectivity index (χ0v) is 18.3. The van der Waals surface area contributed by atoms with Crippen molar-refractivity contribution in [2.75, 3.05) is 10.6 Å². The van der Waals surface area contributed by atoms with Gasteiger partial charge >= 0.3 is 6.03 Å². The van der Waals surface area contributed by atoms with Crippen LogP contribution in [-0.4, -0.2) is 15.8 Å². The van der Waals surface area contributed by atoms with Crippen molar-refractivity contribution in [1.82, 2.24) is 9.78 Å². The molecule has 0 saturated heterocycles. The Morgan fingerprint density at radius 3 is 2.50 bits per heavy atom. The maximum atomic E-state index is 12.9. The van der Waals surface area contributed by atoms with Gasteiger partial charge in [0.2, 0.25) is 0 Å². The summed E-state index contributed by atoms with van der Waals surface area (Å²) in [7, 11) is 0. The van der Waals surface area contributed by atoms with Crippen LogP contribution in [0.2, 0.25) is 0 Å². The number of fused-ring (bicyclic) bond motifs is 1. The van der Waals surface area contributed by atoms with Crippen LogP contribution in [0.15, 0.2) is 66.7 Å². The van der Waals surface area contributed by atoms with E-state index >= 15 is 0 Å². The number of hydrogen-bond acceptors (Lipinski definition) is 4. The summed E-state index contributed by atoms with van der Waals surface area (Å²) >= 11 is 0. The van der Waals surface area contributed by atoms with E-state index in [9.17, 15) is 4.79 Å². The highest BCUT2D eigenvalue weighted by molar-refractivity contribution is 6.07. The third-order valence-corrected chi connectivity index (χ3v) is 5.33. The lowest BCUT2D eigenvalue weighted by Gasteiger charge is -2.13. The minimum absolute atomic E-state index is 0.355. The molecule has 0 unspecified atom stereocenters. The Kier molecular flexibility index (Phi) is 6.37. The summed E-state index contributed by atoms with van der Waals surface area (Å²) in [5.41, 5.74) is 3.66. The molecule has 0 fully saturated rings. The van der Waals surface area contributed by atoms with E-state index in [1.807, 2.05) is 61.5 Å². The van der Waals surface area contributed by atoms with Crippen molar-refractivity contribution in [3.63, 3.8) is 0 Å². The second kappa shape index (κ2) is 9.53. The monoisotopic (exact) mass is 429 g/mol.